The number of urea groups is 1. The number of benzene rings is 1. The highest BCUT2D eigenvalue weighted by Gasteiger charge is 2.34. The quantitative estimate of drug-likeness (QED) is 0.823. The maximum Gasteiger partial charge on any atom is 0.337 e. The lowest BCUT2D eigenvalue weighted by atomic mass is 9.94. The standard InChI is InChI=1S/C15H18N2O5/c1-8-11(14(18)22-4)12(17-15(19)16-8)9-6-5-7-10(20-2)13(9)21-3/h5-7,12H,1-4H3,(H2,16,17,19)/t12-/m0/s1. The molecule has 0 saturated carbocycles. The van der Waals surface area contributed by atoms with Crippen molar-refractivity contribution in [1.82, 2.24) is 10.6 Å². The third-order valence-corrected chi connectivity index (χ3v) is 3.42. The third-order valence-electron chi connectivity index (χ3n) is 3.42. The van der Waals surface area contributed by atoms with Gasteiger partial charge in [0.1, 0.15) is 0 Å². The molecule has 7 heteroatoms. The van der Waals surface area contributed by atoms with Crippen molar-refractivity contribution in [2.45, 2.75) is 13.0 Å². The molecule has 1 aliphatic rings. The van der Waals surface area contributed by atoms with Crippen LogP contribution in [0, 0.1) is 0 Å². The van der Waals surface area contributed by atoms with Gasteiger partial charge >= 0.3 is 12.0 Å². The van der Waals surface area contributed by atoms with Gasteiger partial charge in [0.15, 0.2) is 11.5 Å². The van der Waals surface area contributed by atoms with Gasteiger partial charge in [-0.15, -0.1) is 0 Å². The second kappa shape index (κ2) is 6.38. The minimum absolute atomic E-state index is 0.314. The topological polar surface area (TPSA) is 85.9 Å². The van der Waals surface area contributed by atoms with Gasteiger partial charge in [-0.2, -0.15) is 0 Å². The molecule has 0 bridgehead atoms. The van der Waals surface area contributed by atoms with Crippen molar-refractivity contribution in [3.05, 3.63) is 35.0 Å². The van der Waals surface area contributed by atoms with Crippen LogP contribution in [0.5, 0.6) is 11.5 Å². The Morgan fingerprint density at radius 3 is 2.50 bits per heavy atom. The van der Waals surface area contributed by atoms with Crippen LogP contribution in [0.4, 0.5) is 4.79 Å². The molecule has 2 N–H and O–H groups in total. The van der Waals surface area contributed by atoms with E-state index in [0.29, 0.717) is 28.3 Å². The number of amides is 2. The first-order valence-electron chi connectivity index (χ1n) is 6.61. The molecule has 118 valence electrons. The van der Waals surface area contributed by atoms with Crippen molar-refractivity contribution in [2.24, 2.45) is 0 Å². The zero-order valence-electron chi connectivity index (χ0n) is 12.9. The molecule has 0 spiro atoms. The van der Waals surface area contributed by atoms with Gasteiger partial charge in [0.2, 0.25) is 0 Å². The van der Waals surface area contributed by atoms with Crippen molar-refractivity contribution in [3.63, 3.8) is 0 Å². The average molecular weight is 306 g/mol. The molecule has 0 saturated heterocycles. The molecular weight excluding hydrogens is 288 g/mol. The normalized spacial score (nSPS) is 17.5. The van der Waals surface area contributed by atoms with Crippen molar-refractivity contribution >= 4 is 12.0 Å². The first kappa shape index (κ1) is 15.7. The lowest BCUT2D eigenvalue weighted by Gasteiger charge is -2.29. The highest BCUT2D eigenvalue weighted by molar-refractivity contribution is 5.95. The Kier molecular flexibility index (Phi) is 4.55. The van der Waals surface area contributed by atoms with Crippen LogP contribution < -0.4 is 20.1 Å². The van der Waals surface area contributed by atoms with Gasteiger partial charge in [-0.3, -0.25) is 0 Å². The van der Waals surface area contributed by atoms with Gasteiger partial charge in [0, 0.05) is 11.3 Å². The molecule has 0 fully saturated rings. The fourth-order valence-corrected chi connectivity index (χ4v) is 2.45. The Morgan fingerprint density at radius 2 is 1.91 bits per heavy atom. The number of hydrogen-bond acceptors (Lipinski definition) is 5. The average Bonchev–Trinajstić information content (AvgIpc) is 2.52. The van der Waals surface area contributed by atoms with Gasteiger partial charge in [0.25, 0.3) is 0 Å². The van der Waals surface area contributed by atoms with Gasteiger partial charge in [-0.05, 0) is 13.0 Å². The first-order valence-corrected chi connectivity index (χ1v) is 6.61. The zero-order valence-corrected chi connectivity index (χ0v) is 12.9. The Morgan fingerprint density at radius 1 is 1.18 bits per heavy atom. The molecule has 1 aromatic carbocycles. The summed E-state index contributed by atoms with van der Waals surface area (Å²) >= 11 is 0. The van der Waals surface area contributed by atoms with Crippen LogP contribution >= 0.6 is 0 Å². The second-order valence-corrected chi connectivity index (χ2v) is 4.64. The van der Waals surface area contributed by atoms with E-state index in [1.807, 2.05) is 0 Å². The number of hydrogen-bond donors (Lipinski definition) is 2. The molecule has 0 radical (unpaired) electrons. The molecule has 1 heterocycles. The second-order valence-electron chi connectivity index (χ2n) is 4.64. The van der Waals surface area contributed by atoms with Crippen LogP contribution in [-0.4, -0.2) is 33.3 Å². The number of allylic oxidation sites excluding steroid dienone is 1. The lowest BCUT2D eigenvalue weighted by molar-refractivity contribution is -0.136. The summed E-state index contributed by atoms with van der Waals surface area (Å²) in [5.74, 6) is 0.431. The van der Waals surface area contributed by atoms with E-state index in [9.17, 15) is 9.59 Å². The van der Waals surface area contributed by atoms with E-state index in [4.69, 9.17) is 14.2 Å². The number of methoxy groups -OCH3 is 3. The van der Waals surface area contributed by atoms with Crippen LogP contribution in [0.15, 0.2) is 29.5 Å². The fraction of sp³-hybridized carbons (Fsp3) is 0.333. The highest BCUT2D eigenvalue weighted by atomic mass is 16.5. The lowest BCUT2D eigenvalue weighted by Crippen LogP contribution is -2.45. The van der Waals surface area contributed by atoms with E-state index in [-0.39, 0.29) is 0 Å². The maximum atomic E-state index is 12.1. The predicted octanol–water partition coefficient (Wildman–Crippen LogP) is 1.50. The van der Waals surface area contributed by atoms with Crippen LogP contribution in [0.25, 0.3) is 0 Å². The molecule has 1 aliphatic heterocycles. The summed E-state index contributed by atoms with van der Waals surface area (Å²) in [5.41, 5.74) is 1.36. The van der Waals surface area contributed by atoms with E-state index in [0.717, 1.165) is 0 Å². The SMILES string of the molecule is COC(=O)C1=C(C)NC(=O)N[C@H]1c1cccc(OC)c1OC. The molecule has 2 rings (SSSR count). The summed E-state index contributed by atoms with van der Waals surface area (Å²) in [7, 11) is 4.31. The number of carbonyl (C=O) groups excluding carboxylic acids is 2. The maximum absolute atomic E-state index is 12.1. The molecule has 7 nitrogen and oxygen atoms in total. The number of nitrogens with one attached hydrogen (secondary N) is 2. The van der Waals surface area contributed by atoms with Gasteiger partial charge < -0.3 is 24.8 Å². The van der Waals surface area contributed by atoms with Gasteiger partial charge in [-0.25, -0.2) is 9.59 Å². The summed E-state index contributed by atoms with van der Waals surface area (Å²) in [6.45, 7) is 1.64. The van der Waals surface area contributed by atoms with Crippen molar-refractivity contribution < 1.29 is 23.8 Å². The van der Waals surface area contributed by atoms with Crippen molar-refractivity contribution in [2.75, 3.05) is 21.3 Å². The summed E-state index contributed by atoms with van der Waals surface area (Å²) in [6.07, 6.45) is 0. The molecule has 2 amide bonds. The number of ether oxygens (including phenoxy) is 3. The predicted molar refractivity (Wildman–Crippen MR) is 78.7 cm³/mol. The molecule has 0 aromatic heterocycles. The molecule has 0 unspecified atom stereocenters. The number of para-hydroxylation sites is 1. The smallest absolute Gasteiger partial charge is 0.337 e. The van der Waals surface area contributed by atoms with Crippen LogP contribution in [-0.2, 0) is 9.53 Å². The van der Waals surface area contributed by atoms with Crippen LogP contribution in [0.2, 0.25) is 0 Å². The van der Waals surface area contributed by atoms with E-state index < -0.39 is 18.0 Å². The summed E-state index contributed by atoms with van der Waals surface area (Å²) < 4.78 is 15.5. The largest absolute Gasteiger partial charge is 0.493 e. The monoisotopic (exact) mass is 306 g/mol. The zero-order chi connectivity index (χ0) is 16.3. The molecule has 1 aromatic rings. The van der Waals surface area contributed by atoms with Crippen LogP contribution in [0.3, 0.4) is 0 Å². The minimum Gasteiger partial charge on any atom is -0.493 e. The summed E-state index contributed by atoms with van der Waals surface area (Å²) in [6, 6.07) is 4.16. The number of carbonyl (C=O) groups is 2. The van der Waals surface area contributed by atoms with Crippen molar-refractivity contribution in [1.29, 1.82) is 0 Å². The van der Waals surface area contributed by atoms with Crippen LogP contribution in [0.1, 0.15) is 18.5 Å². The summed E-state index contributed by atoms with van der Waals surface area (Å²) in [4.78, 5) is 23.9. The minimum atomic E-state index is -0.689. The molecule has 22 heavy (non-hydrogen) atoms. The van der Waals surface area contributed by atoms with Gasteiger partial charge in [0.05, 0.1) is 32.9 Å². The number of rotatable bonds is 4. The Hall–Kier alpha value is -2.70. The van der Waals surface area contributed by atoms with E-state index >= 15 is 0 Å². The highest BCUT2D eigenvalue weighted by Crippen LogP contribution is 2.38. The van der Waals surface area contributed by atoms with E-state index in [1.54, 1.807) is 25.1 Å². The van der Waals surface area contributed by atoms with E-state index in [2.05, 4.69) is 10.6 Å². The molecule has 0 aliphatic carbocycles. The van der Waals surface area contributed by atoms with E-state index in [1.165, 1.54) is 21.3 Å². The Balaban J connectivity index is 2.60. The Bertz CT molecular complexity index is 639. The summed E-state index contributed by atoms with van der Waals surface area (Å²) in [5, 5.41) is 5.28. The van der Waals surface area contributed by atoms with Crippen molar-refractivity contribution in [3.8, 4) is 11.5 Å². The van der Waals surface area contributed by atoms with Gasteiger partial charge in [-0.1, -0.05) is 12.1 Å². The Labute approximate surface area is 128 Å². The number of esters is 1. The molecular formula is C15H18N2O5. The fourth-order valence-electron chi connectivity index (χ4n) is 2.45. The third kappa shape index (κ3) is 2.69. The first-order chi connectivity index (χ1) is 10.5. The molecule has 1 atom stereocenters.